The van der Waals surface area contributed by atoms with Gasteiger partial charge in [0.05, 0.1) is 0 Å². The van der Waals surface area contributed by atoms with E-state index in [0.29, 0.717) is 0 Å². The fourth-order valence-corrected chi connectivity index (χ4v) is 4.13. The zero-order valence-electron chi connectivity index (χ0n) is 19.6. The van der Waals surface area contributed by atoms with E-state index < -0.39 is 28.2 Å². The van der Waals surface area contributed by atoms with E-state index in [1.165, 1.54) is 0 Å². The molecule has 1 saturated heterocycles. The lowest BCUT2D eigenvalue weighted by atomic mass is 9.97. The fourth-order valence-electron chi connectivity index (χ4n) is 3.09. The lowest BCUT2D eigenvalue weighted by Crippen LogP contribution is -2.52. The molecule has 4 nitrogen and oxygen atoms in total. The van der Waals surface area contributed by atoms with Crippen LogP contribution < -0.4 is 10.6 Å². The normalized spacial score (nSPS) is 18.4. The summed E-state index contributed by atoms with van der Waals surface area (Å²) in [5.74, 6) is 5.95. The van der Waals surface area contributed by atoms with Gasteiger partial charge in [-0.1, -0.05) is 75.4 Å². The smallest absolute Gasteiger partial charge is 0.248 e. The maximum Gasteiger partial charge on any atom is 0.248 e. The van der Waals surface area contributed by atoms with Gasteiger partial charge < -0.3 is 10.6 Å². The zero-order chi connectivity index (χ0) is 23.5. The summed E-state index contributed by atoms with van der Waals surface area (Å²) < 4.78 is 0. The number of hydrogen-bond acceptors (Lipinski definition) is 2. The lowest BCUT2D eigenvalue weighted by Gasteiger charge is -2.30. The molecule has 1 aliphatic heterocycles. The highest BCUT2D eigenvalue weighted by atomic mass is 28.3. The van der Waals surface area contributed by atoms with Crippen LogP contribution in [-0.4, -0.2) is 28.0 Å². The van der Waals surface area contributed by atoms with Crippen LogP contribution >= 0.6 is 0 Å². The van der Waals surface area contributed by atoms with Gasteiger partial charge in [0.2, 0.25) is 11.8 Å². The Morgan fingerprint density at radius 3 is 1.19 bits per heavy atom. The van der Waals surface area contributed by atoms with E-state index in [0.717, 1.165) is 22.3 Å². The Bertz CT molecular complexity index is 1040. The molecule has 2 aromatic rings. The second-order valence-electron chi connectivity index (χ2n) is 10.1. The first-order valence-corrected chi connectivity index (χ1v) is 17.8. The average molecular weight is 459 g/mol. The maximum atomic E-state index is 12.8. The van der Waals surface area contributed by atoms with Gasteiger partial charge in [-0.05, 0) is 35.4 Å². The Balaban J connectivity index is 1.71. The largest absolute Gasteiger partial charge is 0.338 e. The maximum absolute atomic E-state index is 12.8. The minimum atomic E-state index is -1.45. The van der Waals surface area contributed by atoms with E-state index >= 15 is 0 Å². The number of hydrogen-bond donors (Lipinski definition) is 2. The van der Waals surface area contributed by atoms with Crippen LogP contribution in [0.2, 0.25) is 39.3 Å². The highest BCUT2D eigenvalue weighted by Crippen LogP contribution is 2.23. The van der Waals surface area contributed by atoms with Crippen molar-refractivity contribution in [2.75, 3.05) is 0 Å². The zero-order valence-corrected chi connectivity index (χ0v) is 21.6. The van der Waals surface area contributed by atoms with Crippen molar-refractivity contribution in [2.24, 2.45) is 0 Å². The molecular weight excluding hydrogens is 428 g/mol. The summed E-state index contributed by atoms with van der Waals surface area (Å²) in [5, 5.41) is 5.73. The number of carbonyl (C=O) groups is 2. The highest BCUT2D eigenvalue weighted by molar-refractivity contribution is 6.84. The van der Waals surface area contributed by atoms with Crippen LogP contribution in [-0.2, 0) is 9.59 Å². The van der Waals surface area contributed by atoms with Crippen molar-refractivity contribution in [3.63, 3.8) is 0 Å². The first kappa shape index (κ1) is 23.6. The minimum Gasteiger partial charge on any atom is -0.338 e. The van der Waals surface area contributed by atoms with Gasteiger partial charge in [0.15, 0.2) is 0 Å². The Hall–Kier alpha value is -3.07. The lowest BCUT2D eigenvalue weighted by molar-refractivity contribution is -0.137. The molecule has 0 bridgehead atoms. The van der Waals surface area contributed by atoms with Crippen molar-refractivity contribution in [3.05, 3.63) is 70.8 Å². The van der Waals surface area contributed by atoms with Crippen molar-refractivity contribution in [1.29, 1.82) is 0 Å². The second kappa shape index (κ2) is 9.20. The minimum absolute atomic E-state index is 0.224. The van der Waals surface area contributed by atoms with Gasteiger partial charge in [0.25, 0.3) is 0 Å². The van der Waals surface area contributed by atoms with E-state index in [-0.39, 0.29) is 11.8 Å². The first-order valence-electron chi connectivity index (χ1n) is 10.8. The van der Waals surface area contributed by atoms with Crippen LogP contribution in [0.5, 0.6) is 0 Å². The SMILES string of the molecule is C[Si](C)(C)C#Cc1ccc([C@H]2NC(=O)[C@@H](c3ccc(C#C[Si](C)(C)C)cc3)NC2=O)cc1. The van der Waals surface area contributed by atoms with Crippen LogP contribution in [0.4, 0.5) is 0 Å². The monoisotopic (exact) mass is 458 g/mol. The van der Waals surface area contributed by atoms with E-state index in [2.05, 4.69) is 72.8 Å². The number of piperazine rings is 1. The van der Waals surface area contributed by atoms with E-state index in [1.54, 1.807) is 0 Å². The van der Waals surface area contributed by atoms with Crippen LogP contribution in [0, 0.1) is 22.9 Å². The van der Waals surface area contributed by atoms with Gasteiger partial charge in [-0.25, -0.2) is 0 Å². The molecule has 164 valence electrons. The molecule has 2 N–H and O–H groups in total. The molecule has 6 heteroatoms. The van der Waals surface area contributed by atoms with Crippen molar-refractivity contribution in [2.45, 2.75) is 51.4 Å². The molecule has 2 atom stereocenters. The average Bonchev–Trinajstić information content (AvgIpc) is 2.72. The summed E-state index contributed by atoms with van der Waals surface area (Å²) in [6.45, 7) is 13.2. The van der Waals surface area contributed by atoms with Crippen LogP contribution in [0.1, 0.15) is 34.3 Å². The molecule has 1 aliphatic rings. The molecule has 1 heterocycles. The number of carbonyl (C=O) groups excluding carboxylic acids is 2. The summed E-state index contributed by atoms with van der Waals surface area (Å²) in [4.78, 5) is 25.6. The third kappa shape index (κ3) is 6.46. The molecule has 0 aromatic heterocycles. The molecule has 0 aliphatic carbocycles. The van der Waals surface area contributed by atoms with Gasteiger partial charge in [0.1, 0.15) is 28.2 Å². The van der Waals surface area contributed by atoms with E-state index in [9.17, 15) is 9.59 Å². The third-order valence-corrected chi connectivity index (χ3v) is 6.50. The standard InChI is InChI=1S/C26H30N2O2Si2/c1-31(2,3)17-15-19-7-11-21(12-8-19)23-25(29)28-24(26(30)27-23)22-13-9-20(10-14-22)16-18-32(4,5)6/h7-14,23-24H,1-6H3,(H,27,30)(H,28,29)/t23-,24-/m1/s1. The van der Waals surface area contributed by atoms with Crippen LogP contribution in [0.25, 0.3) is 0 Å². The predicted octanol–water partition coefficient (Wildman–Crippen LogP) is 4.17. The topological polar surface area (TPSA) is 58.2 Å². The van der Waals surface area contributed by atoms with Gasteiger partial charge >= 0.3 is 0 Å². The first-order chi connectivity index (χ1) is 14.9. The molecule has 1 fully saturated rings. The summed E-state index contributed by atoms with van der Waals surface area (Å²) in [7, 11) is -2.90. The van der Waals surface area contributed by atoms with E-state index in [4.69, 9.17) is 0 Å². The van der Waals surface area contributed by atoms with Crippen molar-refractivity contribution in [3.8, 4) is 22.9 Å². The molecule has 0 radical (unpaired) electrons. The predicted molar refractivity (Wildman–Crippen MR) is 135 cm³/mol. The molecule has 0 saturated carbocycles. The molecule has 0 unspecified atom stereocenters. The van der Waals surface area contributed by atoms with Gasteiger partial charge in [-0.3, -0.25) is 9.59 Å². The quantitative estimate of drug-likeness (QED) is 0.524. The molecule has 3 rings (SSSR count). The number of nitrogens with one attached hydrogen (secondary N) is 2. The molecular formula is C26H30N2O2Si2. The number of amides is 2. The molecule has 2 amide bonds. The Labute approximate surface area is 193 Å². The summed E-state index contributed by atoms with van der Waals surface area (Å²) >= 11 is 0. The van der Waals surface area contributed by atoms with Crippen molar-refractivity contribution in [1.82, 2.24) is 10.6 Å². The Kier molecular flexibility index (Phi) is 6.78. The van der Waals surface area contributed by atoms with Gasteiger partial charge in [-0.15, -0.1) is 11.1 Å². The Morgan fingerprint density at radius 2 is 0.906 bits per heavy atom. The fraction of sp³-hybridized carbons (Fsp3) is 0.308. The van der Waals surface area contributed by atoms with Gasteiger partial charge in [0, 0.05) is 11.1 Å². The molecule has 0 spiro atoms. The Morgan fingerprint density at radius 1 is 0.594 bits per heavy atom. The summed E-state index contributed by atoms with van der Waals surface area (Å²) in [5.41, 5.74) is 9.96. The van der Waals surface area contributed by atoms with Crippen LogP contribution in [0.15, 0.2) is 48.5 Å². The molecule has 2 aromatic carbocycles. The summed E-state index contributed by atoms with van der Waals surface area (Å²) in [6, 6.07) is 13.6. The third-order valence-electron chi connectivity index (χ3n) is 4.75. The number of rotatable bonds is 2. The molecule has 32 heavy (non-hydrogen) atoms. The van der Waals surface area contributed by atoms with Gasteiger partial charge in [-0.2, -0.15) is 0 Å². The van der Waals surface area contributed by atoms with Crippen molar-refractivity contribution >= 4 is 28.0 Å². The number of benzene rings is 2. The highest BCUT2D eigenvalue weighted by Gasteiger charge is 2.35. The summed E-state index contributed by atoms with van der Waals surface area (Å²) in [6.07, 6.45) is 0. The van der Waals surface area contributed by atoms with Crippen molar-refractivity contribution < 1.29 is 9.59 Å². The van der Waals surface area contributed by atoms with E-state index in [1.807, 2.05) is 48.5 Å². The van der Waals surface area contributed by atoms with Crippen LogP contribution in [0.3, 0.4) is 0 Å². The second-order valence-corrected chi connectivity index (χ2v) is 19.6.